The average Bonchev–Trinajstić information content (AvgIpc) is 3.16. The first-order chi connectivity index (χ1) is 9.94. The van der Waals surface area contributed by atoms with Gasteiger partial charge in [0.15, 0.2) is 0 Å². The third-order valence-electron chi connectivity index (χ3n) is 4.81. The van der Waals surface area contributed by atoms with Crippen LogP contribution in [0.4, 0.5) is 0 Å². The first-order valence-electron chi connectivity index (χ1n) is 8.14. The summed E-state index contributed by atoms with van der Waals surface area (Å²) < 4.78 is 0. The first-order valence-corrected chi connectivity index (χ1v) is 8.14. The summed E-state index contributed by atoms with van der Waals surface area (Å²) in [6, 6.07) is 3.32. The van der Waals surface area contributed by atoms with Gasteiger partial charge in [0.1, 0.15) is 5.54 Å². The van der Waals surface area contributed by atoms with Gasteiger partial charge in [0, 0.05) is 18.6 Å². The Morgan fingerprint density at radius 2 is 2.19 bits per heavy atom. The fourth-order valence-corrected chi connectivity index (χ4v) is 2.79. The van der Waals surface area contributed by atoms with E-state index in [1.165, 1.54) is 25.7 Å². The summed E-state index contributed by atoms with van der Waals surface area (Å²) in [6.45, 7) is 8.18. The molecule has 2 unspecified atom stereocenters. The van der Waals surface area contributed by atoms with Crippen molar-refractivity contribution in [2.24, 2.45) is 5.92 Å². The van der Waals surface area contributed by atoms with E-state index in [1.807, 2.05) is 13.8 Å². The highest BCUT2D eigenvalue weighted by Crippen LogP contribution is 2.27. The summed E-state index contributed by atoms with van der Waals surface area (Å²) in [5.41, 5.74) is -0.780. The number of hydrogen-bond donors (Lipinski definition) is 2. The topological polar surface area (TPSA) is 68.2 Å². The zero-order chi connectivity index (χ0) is 15.5. The summed E-state index contributed by atoms with van der Waals surface area (Å²) in [7, 11) is 0. The second-order valence-electron chi connectivity index (χ2n) is 6.97. The molecule has 0 aromatic carbocycles. The van der Waals surface area contributed by atoms with Crippen LogP contribution in [-0.2, 0) is 4.79 Å². The van der Waals surface area contributed by atoms with Crippen molar-refractivity contribution >= 4 is 5.91 Å². The summed E-state index contributed by atoms with van der Waals surface area (Å²) in [5, 5.41) is 15.7. The molecule has 2 aliphatic rings. The Morgan fingerprint density at radius 1 is 1.48 bits per heavy atom. The van der Waals surface area contributed by atoms with Crippen LogP contribution in [0.2, 0.25) is 0 Å². The van der Waals surface area contributed by atoms with Crippen LogP contribution in [0.3, 0.4) is 0 Å². The maximum Gasteiger partial charge on any atom is 0.235 e. The molecule has 1 aliphatic carbocycles. The van der Waals surface area contributed by atoms with Crippen molar-refractivity contribution in [1.82, 2.24) is 15.5 Å². The smallest absolute Gasteiger partial charge is 0.235 e. The molecule has 2 rings (SSSR count). The molecule has 21 heavy (non-hydrogen) atoms. The van der Waals surface area contributed by atoms with Gasteiger partial charge in [-0.3, -0.25) is 9.69 Å². The molecule has 1 saturated heterocycles. The number of nitriles is 1. The van der Waals surface area contributed by atoms with E-state index in [0.29, 0.717) is 18.6 Å². The van der Waals surface area contributed by atoms with E-state index in [2.05, 4.69) is 21.6 Å². The number of rotatable bonds is 7. The molecule has 0 spiro atoms. The van der Waals surface area contributed by atoms with E-state index in [4.69, 9.17) is 0 Å². The number of nitrogens with zero attached hydrogens (tertiary/aromatic N) is 2. The van der Waals surface area contributed by atoms with Crippen molar-refractivity contribution in [2.45, 2.75) is 64.1 Å². The normalized spacial score (nSPS) is 24.9. The van der Waals surface area contributed by atoms with Crippen molar-refractivity contribution in [2.75, 3.05) is 19.6 Å². The molecule has 1 aliphatic heterocycles. The lowest BCUT2D eigenvalue weighted by molar-refractivity contribution is -0.124. The van der Waals surface area contributed by atoms with Crippen LogP contribution in [-0.4, -0.2) is 48.1 Å². The number of hydrogen-bond acceptors (Lipinski definition) is 4. The van der Waals surface area contributed by atoms with Gasteiger partial charge in [-0.05, 0) is 45.1 Å². The predicted molar refractivity (Wildman–Crippen MR) is 82.6 cm³/mol. The second-order valence-corrected chi connectivity index (χ2v) is 6.97. The van der Waals surface area contributed by atoms with E-state index < -0.39 is 5.54 Å². The van der Waals surface area contributed by atoms with Gasteiger partial charge in [0.05, 0.1) is 12.6 Å². The quantitative estimate of drug-likeness (QED) is 0.741. The van der Waals surface area contributed by atoms with Crippen LogP contribution in [0.25, 0.3) is 0 Å². The minimum absolute atomic E-state index is 0.0300. The molecule has 0 aromatic rings. The molecule has 5 heteroatoms. The van der Waals surface area contributed by atoms with Crippen molar-refractivity contribution < 1.29 is 4.79 Å². The van der Waals surface area contributed by atoms with Gasteiger partial charge < -0.3 is 10.6 Å². The predicted octanol–water partition coefficient (Wildman–Crippen LogP) is 1.26. The molecule has 1 heterocycles. The van der Waals surface area contributed by atoms with Crippen LogP contribution in [0.15, 0.2) is 0 Å². The van der Waals surface area contributed by atoms with Crippen LogP contribution in [0, 0.1) is 17.2 Å². The van der Waals surface area contributed by atoms with Gasteiger partial charge in [-0.2, -0.15) is 5.26 Å². The minimum Gasteiger partial charge on any atom is -0.337 e. The maximum absolute atomic E-state index is 12.3. The molecule has 1 saturated carbocycles. The number of carbonyl (C=O) groups excluding carboxylic acids is 1. The highest BCUT2D eigenvalue weighted by atomic mass is 16.2. The summed E-state index contributed by atoms with van der Waals surface area (Å²) in [4.78, 5) is 14.6. The molecule has 0 aromatic heterocycles. The van der Waals surface area contributed by atoms with Crippen LogP contribution < -0.4 is 10.6 Å². The van der Waals surface area contributed by atoms with Crippen molar-refractivity contribution in [1.29, 1.82) is 5.26 Å². The molecule has 0 bridgehead atoms. The molecule has 0 radical (unpaired) electrons. The van der Waals surface area contributed by atoms with E-state index in [1.54, 1.807) is 6.92 Å². The third-order valence-corrected chi connectivity index (χ3v) is 4.81. The maximum atomic E-state index is 12.3. The van der Waals surface area contributed by atoms with Gasteiger partial charge in [-0.15, -0.1) is 0 Å². The Morgan fingerprint density at radius 3 is 2.67 bits per heavy atom. The molecule has 1 amide bonds. The zero-order valence-corrected chi connectivity index (χ0v) is 13.5. The molecule has 2 fully saturated rings. The van der Waals surface area contributed by atoms with Crippen LogP contribution >= 0.6 is 0 Å². The zero-order valence-electron chi connectivity index (χ0n) is 13.5. The van der Waals surface area contributed by atoms with Crippen LogP contribution in [0.1, 0.15) is 46.5 Å². The van der Waals surface area contributed by atoms with Gasteiger partial charge >= 0.3 is 0 Å². The molecular weight excluding hydrogens is 264 g/mol. The second kappa shape index (κ2) is 6.76. The minimum atomic E-state index is -0.780. The Hall–Kier alpha value is -1.12. The number of nitrogens with one attached hydrogen (secondary N) is 2. The standard InChI is InChI=1S/C16H28N4O/c1-12(2)16(3,11-17)19-15(21)10-20(14-6-7-14)9-13-5-4-8-18-13/h12-14,18H,4-10H2,1-3H3,(H,19,21). The van der Waals surface area contributed by atoms with E-state index in [0.717, 1.165) is 13.1 Å². The van der Waals surface area contributed by atoms with E-state index in [-0.39, 0.29) is 11.8 Å². The number of carbonyl (C=O) groups is 1. The van der Waals surface area contributed by atoms with Crippen molar-refractivity contribution in [3.8, 4) is 6.07 Å². The van der Waals surface area contributed by atoms with Gasteiger partial charge in [0.2, 0.25) is 5.91 Å². The fourth-order valence-electron chi connectivity index (χ4n) is 2.79. The van der Waals surface area contributed by atoms with E-state index in [9.17, 15) is 10.1 Å². The van der Waals surface area contributed by atoms with Gasteiger partial charge in [-0.1, -0.05) is 13.8 Å². The summed E-state index contributed by atoms with van der Waals surface area (Å²) in [6.07, 6.45) is 4.82. The SMILES string of the molecule is CC(C)C(C)(C#N)NC(=O)CN(CC1CCCN1)C1CC1. The summed E-state index contributed by atoms with van der Waals surface area (Å²) >= 11 is 0. The molecule has 2 atom stereocenters. The Labute approximate surface area is 128 Å². The van der Waals surface area contributed by atoms with Crippen molar-refractivity contribution in [3.05, 3.63) is 0 Å². The molecule has 5 nitrogen and oxygen atoms in total. The highest BCUT2D eigenvalue weighted by Gasteiger charge is 2.35. The Balaban J connectivity index is 1.87. The largest absolute Gasteiger partial charge is 0.337 e. The lowest BCUT2D eigenvalue weighted by atomic mass is 9.90. The lowest BCUT2D eigenvalue weighted by Gasteiger charge is -2.30. The average molecular weight is 292 g/mol. The fraction of sp³-hybridized carbons (Fsp3) is 0.875. The molecule has 118 valence electrons. The van der Waals surface area contributed by atoms with Gasteiger partial charge in [-0.25, -0.2) is 0 Å². The highest BCUT2D eigenvalue weighted by molar-refractivity contribution is 5.79. The monoisotopic (exact) mass is 292 g/mol. The van der Waals surface area contributed by atoms with Gasteiger partial charge in [0.25, 0.3) is 0 Å². The first kappa shape index (κ1) is 16.3. The molecule has 2 N–H and O–H groups in total. The Bertz CT molecular complexity index is 407. The van der Waals surface area contributed by atoms with Crippen LogP contribution in [0.5, 0.6) is 0 Å². The summed E-state index contributed by atoms with van der Waals surface area (Å²) in [5.74, 6) is 0.0648. The van der Waals surface area contributed by atoms with E-state index >= 15 is 0 Å². The number of amides is 1. The van der Waals surface area contributed by atoms with Crippen molar-refractivity contribution in [3.63, 3.8) is 0 Å². The third kappa shape index (κ3) is 4.42. The Kier molecular flexibility index (Phi) is 5.23. The lowest BCUT2D eigenvalue weighted by Crippen LogP contribution is -2.53. The molecular formula is C16H28N4O.